The van der Waals surface area contributed by atoms with Crippen LogP contribution in [0.4, 0.5) is 5.69 Å². The highest BCUT2D eigenvalue weighted by molar-refractivity contribution is 9.10. The molecule has 0 fully saturated rings. The summed E-state index contributed by atoms with van der Waals surface area (Å²) in [5.41, 5.74) is 6.59. The van der Waals surface area contributed by atoms with Gasteiger partial charge in [0.2, 0.25) is 0 Å². The summed E-state index contributed by atoms with van der Waals surface area (Å²) in [6, 6.07) is 0. The first-order valence-electron chi connectivity index (χ1n) is 7.57. The number of nitrogens with two attached hydrogens (primary N) is 1. The number of hydrogen-bond acceptors (Lipinski definition) is 4. The van der Waals surface area contributed by atoms with E-state index in [1.165, 1.54) is 4.68 Å². The fourth-order valence-electron chi connectivity index (χ4n) is 2.09. The maximum absolute atomic E-state index is 12.4. The van der Waals surface area contributed by atoms with Crippen molar-refractivity contribution in [1.29, 1.82) is 0 Å². The maximum atomic E-state index is 12.4. The van der Waals surface area contributed by atoms with Gasteiger partial charge in [0, 0.05) is 19.6 Å². The summed E-state index contributed by atoms with van der Waals surface area (Å²) in [7, 11) is 0. The minimum atomic E-state index is -0.0649. The van der Waals surface area contributed by atoms with Crippen LogP contribution in [0.25, 0.3) is 0 Å². The average Bonchev–Trinajstić information content (AvgIpc) is 2.47. The van der Waals surface area contributed by atoms with Gasteiger partial charge >= 0.3 is 0 Å². The fraction of sp³-hybridized carbons (Fsp3) is 0.733. The summed E-state index contributed by atoms with van der Waals surface area (Å²) in [4.78, 5) is 14.5. The second kappa shape index (κ2) is 7.94. The zero-order valence-corrected chi connectivity index (χ0v) is 15.1. The molecule has 0 spiro atoms. The zero-order chi connectivity index (χ0) is 16.0. The van der Waals surface area contributed by atoms with Crippen LogP contribution in [0.15, 0.2) is 15.5 Å². The van der Waals surface area contributed by atoms with E-state index in [9.17, 15) is 4.79 Å². The molecule has 0 radical (unpaired) electrons. The van der Waals surface area contributed by atoms with Crippen molar-refractivity contribution in [1.82, 2.24) is 9.78 Å². The Bertz CT molecular complexity index is 513. The second-order valence-corrected chi connectivity index (χ2v) is 6.90. The standard InChI is InChI=1S/C15H27BrN4O/c1-5-7-8-20-14(21)13(16)12(9-18-20)19(6-2)11-15(3,4)10-17/h9H,5-8,10-11,17H2,1-4H3. The maximum Gasteiger partial charge on any atom is 0.283 e. The van der Waals surface area contributed by atoms with Crippen molar-refractivity contribution in [3.8, 4) is 0 Å². The molecule has 0 atom stereocenters. The van der Waals surface area contributed by atoms with Crippen molar-refractivity contribution >= 4 is 21.6 Å². The van der Waals surface area contributed by atoms with E-state index in [1.807, 2.05) is 0 Å². The minimum Gasteiger partial charge on any atom is -0.369 e. The zero-order valence-electron chi connectivity index (χ0n) is 13.5. The molecular formula is C15H27BrN4O. The van der Waals surface area contributed by atoms with Crippen LogP contribution in [0.1, 0.15) is 40.5 Å². The van der Waals surface area contributed by atoms with Gasteiger partial charge in [0.05, 0.1) is 11.9 Å². The molecule has 1 aromatic heterocycles. The predicted molar refractivity (Wildman–Crippen MR) is 91.8 cm³/mol. The van der Waals surface area contributed by atoms with E-state index in [1.54, 1.807) is 6.20 Å². The van der Waals surface area contributed by atoms with Crippen LogP contribution in [-0.4, -0.2) is 29.4 Å². The topological polar surface area (TPSA) is 64.2 Å². The number of hydrogen-bond donors (Lipinski definition) is 1. The Labute approximate surface area is 135 Å². The molecule has 0 amide bonds. The predicted octanol–water partition coefficient (Wildman–Crippen LogP) is 2.62. The van der Waals surface area contributed by atoms with E-state index < -0.39 is 0 Å². The largest absolute Gasteiger partial charge is 0.369 e. The van der Waals surface area contributed by atoms with Crippen LogP contribution >= 0.6 is 15.9 Å². The van der Waals surface area contributed by atoms with Gasteiger partial charge in [0.1, 0.15) is 4.47 Å². The molecule has 5 nitrogen and oxygen atoms in total. The second-order valence-electron chi connectivity index (χ2n) is 6.11. The third-order valence-corrected chi connectivity index (χ3v) is 4.33. The molecule has 0 saturated carbocycles. The smallest absolute Gasteiger partial charge is 0.283 e. The highest BCUT2D eigenvalue weighted by atomic mass is 79.9. The number of aromatic nitrogens is 2. The molecule has 1 aromatic rings. The first kappa shape index (κ1) is 18.2. The lowest BCUT2D eigenvalue weighted by molar-refractivity contribution is 0.379. The third kappa shape index (κ3) is 4.81. The van der Waals surface area contributed by atoms with Crippen LogP contribution in [0.2, 0.25) is 0 Å². The molecule has 6 heteroatoms. The molecule has 120 valence electrons. The molecule has 2 N–H and O–H groups in total. The normalized spacial score (nSPS) is 11.7. The van der Waals surface area contributed by atoms with Crippen LogP contribution < -0.4 is 16.2 Å². The Morgan fingerprint density at radius 1 is 1.43 bits per heavy atom. The molecule has 0 bridgehead atoms. The quantitative estimate of drug-likeness (QED) is 0.775. The minimum absolute atomic E-state index is 0.00742. The average molecular weight is 359 g/mol. The van der Waals surface area contributed by atoms with Gasteiger partial charge < -0.3 is 10.6 Å². The number of rotatable bonds is 8. The van der Waals surface area contributed by atoms with Crippen molar-refractivity contribution in [2.45, 2.75) is 47.1 Å². The van der Waals surface area contributed by atoms with E-state index in [2.05, 4.69) is 53.6 Å². The van der Waals surface area contributed by atoms with E-state index in [-0.39, 0.29) is 11.0 Å². The summed E-state index contributed by atoms with van der Waals surface area (Å²) in [5.74, 6) is 0. The molecule has 1 rings (SSSR count). The number of anilines is 1. The fourth-order valence-corrected chi connectivity index (χ4v) is 2.65. The number of nitrogens with zero attached hydrogens (tertiary/aromatic N) is 3. The van der Waals surface area contributed by atoms with E-state index in [0.717, 1.165) is 31.6 Å². The summed E-state index contributed by atoms with van der Waals surface area (Å²) >= 11 is 3.45. The molecule has 0 aliphatic rings. The number of unbranched alkanes of at least 4 members (excludes halogenated alkanes) is 1. The Balaban J connectivity index is 3.06. The summed E-state index contributed by atoms with van der Waals surface area (Å²) in [6.07, 6.45) is 3.77. The molecule has 0 aliphatic carbocycles. The Kier molecular flexibility index (Phi) is 6.87. The first-order valence-corrected chi connectivity index (χ1v) is 8.36. The lowest BCUT2D eigenvalue weighted by atomic mass is 9.93. The Hall–Kier alpha value is -0.880. The summed E-state index contributed by atoms with van der Waals surface area (Å²) < 4.78 is 2.11. The van der Waals surface area contributed by atoms with Crippen molar-refractivity contribution in [3.05, 3.63) is 21.0 Å². The van der Waals surface area contributed by atoms with E-state index >= 15 is 0 Å². The van der Waals surface area contributed by atoms with Crippen LogP contribution in [0, 0.1) is 5.41 Å². The van der Waals surface area contributed by atoms with E-state index in [0.29, 0.717) is 17.6 Å². The Morgan fingerprint density at radius 2 is 2.10 bits per heavy atom. The van der Waals surface area contributed by atoms with Gasteiger partial charge in [0.25, 0.3) is 5.56 Å². The van der Waals surface area contributed by atoms with Crippen molar-refractivity contribution in [3.63, 3.8) is 0 Å². The van der Waals surface area contributed by atoms with E-state index in [4.69, 9.17) is 5.73 Å². The molecule has 0 unspecified atom stereocenters. The SMILES string of the molecule is CCCCn1ncc(N(CC)CC(C)(C)CN)c(Br)c1=O. The Morgan fingerprint density at radius 3 is 2.62 bits per heavy atom. The monoisotopic (exact) mass is 358 g/mol. The molecule has 0 aliphatic heterocycles. The van der Waals surface area contributed by atoms with Crippen molar-refractivity contribution in [2.75, 3.05) is 24.5 Å². The van der Waals surface area contributed by atoms with Crippen molar-refractivity contribution < 1.29 is 0 Å². The first-order chi connectivity index (χ1) is 9.86. The van der Waals surface area contributed by atoms with Gasteiger partial charge in [-0.3, -0.25) is 4.79 Å². The molecule has 21 heavy (non-hydrogen) atoms. The van der Waals surface area contributed by atoms with Gasteiger partial charge in [-0.15, -0.1) is 0 Å². The lowest BCUT2D eigenvalue weighted by Gasteiger charge is -2.32. The molecule has 1 heterocycles. The highest BCUT2D eigenvalue weighted by Crippen LogP contribution is 2.25. The number of halogens is 1. The number of aryl methyl sites for hydroxylation is 1. The van der Waals surface area contributed by atoms with Crippen LogP contribution in [0.3, 0.4) is 0 Å². The third-order valence-electron chi connectivity index (χ3n) is 3.58. The van der Waals surface area contributed by atoms with Gasteiger partial charge in [-0.2, -0.15) is 5.10 Å². The van der Waals surface area contributed by atoms with Crippen molar-refractivity contribution in [2.24, 2.45) is 11.1 Å². The van der Waals surface area contributed by atoms with Gasteiger partial charge in [-0.05, 0) is 41.2 Å². The lowest BCUT2D eigenvalue weighted by Crippen LogP contribution is -2.40. The summed E-state index contributed by atoms with van der Waals surface area (Å²) in [6.45, 7) is 11.3. The highest BCUT2D eigenvalue weighted by Gasteiger charge is 2.22. The van der Waals surface area contributed by atoms with Crippen LogP contribution in [0.5, 0.6) is 0 Å². The van der Waals surface area contributed by atoms with Gasteiger partial charge in [-0.25, -0.2) is 4.68 Å². The molecule has 0 saturated heterocycles. The molecular weight excluding hydrogens is 332 g/mol. The van der Waals surface area contributed by atoms with Crippen LogP contribution in [-0.2, 0) is 6.54 Å². The van der Waals surface area contributed by atoms with Gasteiger partial charge in [-0.1, -0.05) is 27.2 Å². The molecule has 0 aromatic carbocycles. The summed E-state index contributed by atoms with van der Waals surface area (Å²) in [5, 5.41) is 4.30. The van der Waals surface area contributed by atoms with Gasteiger partial charge in [0.15, 0.2) is 0 Å².